The molecule has 2 aliphatic rings. The minimum Gasteiger partial charge on any atom is -0.500 e. The number of phenols is 1. The molecule has 2 aromatic rings. The Balaban J connectivity index is 1.83. The Hall–Kier alpha value is -3.31. The Morgan fingerprint density at radius 2 is 2.14 bits per heavy atom. The normalized spacial score (nSPS) is 19.4. The summed E-state index contributed by atoms with van der Waals surface area (Å²) >= 11 is 3.22. The minimum atomic E-state index is -0.910. The van der Waals surface area contributed by atoms with Crippen molar-refractivity contribution in [3.8, 4) is 11.5 Å². The third-order valence-corrected chi connectivity index (χ3v) is 8.38. The van der Waals surface area contributed by atoms with Crippen molar-refractivity contribution in [1.82, 2.24) is 5.32 Å². The van der Waals surface area contributed by atoms with Gasteiger partial charge in [0, 0.05) is 51.9 Å². The molecule has 0 unspecified atom stereocenters. The van der Waals surface area contributed by atoms with E-state index in [2.05, 4.69) is 5.32 Å². The first-order valence-corrected chi connectivity index (χ1v) is 13.9. The summed E-state index contributed by atoms with van der Waals surface area (Å²) < 4.78 is 10.8. The van der Waals surface area contributed by atoms with Crippen LogP contribution in [0.3, 0.4) is 0 Å². The summed E-state index contributed by atoms with van der Waals surface area (Å²) in [6.07, 6.45) is 0.811. The molecule has 1 aromatic heterocycles. The number of carbonyl (C=O) groups is 2. The van der Waals surface area contributed by atoms with E-state index in [0.717, 1.165) is 10.6 Å². The second-order valence-corrected chi connectivity index (χ2v) is 11.1. The summed E-state index contributed by atoms with van der Waals surface area (Å²) in [7, 11) is 1.29. The number of esters is 1. The van der Waals surface area contributed by atoms with E-state index in [9.17, 15) is 24.8 Å². The lowest BCUT2D eigenvalue weighted by molar-refractivity contribution is -0.386. The molecule has 9 nitrogen and oxygen atoms in total. The van der Waals surface area contributed by atoms with Crippen molar-refractivity contribution < 1.29 is 29.1 Å². The number of carbonyl (C=O) groups excluding carboxylic acids is 2. The Bertz CT molecular complexity index is 1280. The average Bonchev–Trinajstić information content (AvgIpc) is 3.41. The highest BCUT2D eigenvalue weighted by Crippen LogP contribution is 2.49. The molecule has 196 valence electrons. The predicted octanol–water partition coefficient (Wildman–Crippen LogP) is 5.03. The fourth-order valence-electron chi connectivity index (χ4n) is 4.86. The fraction of sp³-hybridized carbons (Fsp3) is 0.385. The smallest absolute Gasteiger partial charge is 0.336 e. The quantitative estimate of drug-likeness (QED) is 0.193. The number of nitrogens with one attached hydrogen (secondary N) is 1. The standard InChI is InChI=1S/C26H28N2O7S2/c1-4-36-9-7-35-26(31)22-14(2)27-17-10-15(21-6-5-8-37-21)12-19(29)24(17)23(22)16-11-18(28(32)33)25(30)20(13-16)34-3/h5-6,8,11,13,15,23,27,30H,4,7,9-10,12H2,1-3H3/t15-,23+/m0/s1. The predicted molar refractivity (Wildman–Crippen MR) is 142 cm³/mol. The molecule has 4 rings (SSSR count). The third kappa shape index (κ3) is 5.37. The van der Waals surface area contributed by atoms with E-state index in [1.54, 1.807) is 30.0 Å². The molecule has 11 heteroatoms. The molecular formula is C26H28N2O7S2. The highest BCUT2D eigenvalue weighted by atomic mass is 32.2. The van der Waals surface area contributed by atoms with Crippen LogP contribution in [0.1, 0.15) is 49.0 Å². The molecule has 0 saturated carbocycles. The number of ether oxygens (including phenoxy) is 2. The molecule has 0 bridgehead atoms. The largest absolute Gasteiger partial charge is 0.500 e. The summed E-state index contributed by atoms with van der Waals surface area (Å²) in [6, 6.07) is 6.59. The van der Waals surface area contributed by atoms with Gasteiger partial charge in [-0.15, -0.1) is 11.3 Å². The number of benzene rings is 1. The van der Waals surface area contributed by atoms with E-state index in [0.29, 0.717) is 34.7 Å². The van der Waals surface area contributed by atoms with Crippen LogP contribution in [0.5, 0.6) is 11.5 Å². The Morgan fingerprint density at radius 1 is 1.35 bits per heavy atom. The van der Waals surface area contributed by atoms with E-state index < -0.39 is 28.2 Å². The molecule has 1 aliphatic heterocycles. The average molecular weight is 545 g/mol. The monoisotopic (exact) mass is 544 g/mol. The van der Waals surface area contributed by atoms with Crippen molar-refractivity contribution in [2.75, 3.05) is 25.2 Å². The maximum Gasteiger partial charge on any atom is 0.336 e. The van der Waals surface area contributed by atoms with Gasteiger partial charge in [-0.25, -0.2) is 4.79 Å². The first-order chi connectivity index (χ1) is 17.8. The van der Waals surface area contributed by atoms with E-state index >= 15 is 0 Å². The van der Waals surface area contributed by atoms with Crippen molar-refractivity contribution in [1.29, 1.82) is 0 Å². The molecule has 2 atom stereocenters. The molecule has 0 spiro atoms. The minimum absolute atomic E-state index is 0.00420. The number of allylic oxidation sites excluding steroid dienone is 3. The number of rotatable bonds is 9. The van der Waals surface area contributed by atoms with E-state index in [-0.39, 0.29) is 36.1 Å². The SMILES string of the molecule is CCSCCOC(=O)C1=C(C)NC2=C(C(=O)C[C@@H](c3cccs3)C2)[C@@H]1c1cc(OC)c(O)c([N+](=O)[O-])c1. The van der Waals surface area contributed by atoms with Gasteiger partial charge in [0.15, 0.2) is 11.5 Å². The van der Waals surface area contributed by atoms with Crippen molar-refractivity contribution in [3.05, 3.63) is 72.7 Å². The van der Waals surface area contributed by atoms with Crippen molar-refractivity contribution in [2.24, 2.45) is 0 Å². The number of phenolic OH excluding ortho intramolecular Hbond substituents is 1. The van der Waals surface area contributed by atoms with Gasteiger partial charge in [-0.3, -0.25) is 14.9 Å². The Morgan fingerprint density at radius 3 is 2.78 bits per heavy atom. The third-order valence-electron chi connectivity index (χ3n) is 6.49. The number of aromatic hydroxyl groups is 1. The zero-order valence-corrected chi connectivity index (χ0v) is 22.4. The number of nitro groups is 1. The van der Waals surface area contributed by atoms with Crippen LogP contribution < -0.4 is 10.1 Å². The zero-order valence-electron chi connectivity index (χ0n) is 20.7. The fourth-order valence-corrected chi connectivity index (χ4v) is 6.18. The maximum atomic E-state index is 13.6. The summed E-state index contributed by atoms with van der Waals surface area (Å²) in [5, 5.41) is 27.3. The number of ketones is 1. The van der Waals surface area contributed by atoms with Gasteiger partial charge in [0.25, 0.3) is 0 Å². The molecule has 2 N–H and O–H groups in total. The highest BCUT2D eigenvalue weighted by molar-refractivity contribution is 7.99. The van der Waals surface area contributed by atoms with Gasteiger partial charge in [-0.2, -0.15) is 11.8 Å². The van der Waals surface area contributed by atoms with Crippen molar-refractivity contribution in [3.63, 3.8) is 0 Å². The second kappa shape index (κ2) is 11.4. The summed E-state index contributed by atoms with van der Waals surface area (Å²) in [5.41, 5.74) is 1.53. The lowest BCUT2D eigenvalue weighted by Crippen LogP contribution is -2.36. The molecule has 1 aromatic carbocycles. The van der Waals surface area contributed by atoms with Crippen LogP contribution in [0.15, 0.2) is 52.2 Å². The van der Waals surface area contributed by atoms with Gasteiger partial charge in [0.1, 0.15) is 6.61 Å². The van der Waals surface area contributed by atoms with Crippen LogP contribution in [0, 0.1) is 10.1 Å². The topological polar surface area (TPSA) is 128 Å². The van der Waals surface area contributed by atoms with Crippen molar-refractivity contribution in [2.45, 2.75) is 38.5 Å². The van der Waals surface area contributed by atoms with Crippen LogP contribution in [0.25, 0.3) is 0 Å². The molecular weight excluding hydrogens is 516 g/mol. The molecule has 37 heavy (non-hydrogen) atoms. The van der Waals surface area contributed by atoms with Crippen LogP contribution in [-0.4, -0.2) is 47.0 Å². The number of hydrogen-bond acceptors (Lipinski definition) is 10. The second-order valence-electron chi connectivity index (χ2n) is 8.71. The lowest BCUT2D eigenvalue weighted by Gasteiger charge is -2.36. The highest BCUT2D eigenvalue weighted by Gasteiger charge is 2.42. The Kier molecular flexibility index (Phi) is 8.23. The van der Waals surface area contributed by atoms with Crippen LogP contribution in [0.4, 0.5) is 5.69 Å². The molecule has 1 aliphatic carbocycles. The number of methoxy groups -OCH3 is 1. The van der Waals surface area contributed by atoms with Gasteiger partial charge < -0.3 is 19.9 Å². The zero-order chi connectivity index (χ0) is 26.7. The first kappa shape index (κ1) is 26.7. The van der Waals surface area contributed by atoms with Gasteiger partial charge in [0.2, 0.25) is 5.75 Å². The van der Waals surface area contributed by atoms with Crippen molar-refractivity contribution >= 4 is 40.5 Å². The van der Waals surface area contributed by atoms with Gasteiger partial charge >= 0.3 is 11.7 Å². The number of nitro benzene ring substituents is 1. The molecule has 2 heterocycles. The summed E-state index contributed by atoms with van der Waals surface area (Å²) in [4.78, 5) is 39.1. The van der Waals surface area contributed by atoms with Crippen LogP contribution in [0.2, 0.25) is 0 Å². The first-order valence-electron chi connectivity index (χ1n) is 11.8. The maximum absolute atomic E-state index is 13.6. The van der Waals surface area contributed by atoms with Gasteiger partial charge in [-0.05, 0) is 42.2 Å². The van der Waals surface area contributed by atoms with Crippen LogP contribution in [-0.2, 0) is 14.3 Å². The van der Waals surface area contributed by atoms with Gasteiger partial charge in [0.05, 0.1) is 17.6 Å². The van der Waals surface area contributed by atoms with Gasteiger partial charge in [-0.1, -0.05) is 13.0 Å². The van der Waals surface area contributed by atoms with E-state index in [1.165, 1.54) is 19.2 Å². The molecule has 0 saturated heterocycles. The number of thiophene rings is 1. The molecule has 0 radical (unpaired) electrons. The number of Topliss-reactive ketones (excluding diaryl/α,β-unsaturated/α-hetero) is 1. The molecule has 0 fully saturated rings. The molecule has 0 amide bonds. The number of nitrogens with zero attached hydrogens (tertiary/aromatic N) is 1. The van der Waals surface area contributed by atoms with E-state index in [1.807, 2.05) is 24.4 Å². The number of thioether (sulfide) groups is 1. The van der Waals surface area contributed by atoms with E-state index in [4.69, 9.17) is 9.47 Å². The lowest BCUT2D eigenvalue weighted by atomic mass is 9.72. The number of dihydropyridines is 1. The summed E-state index contributed by atoms with van der Waals surface area (Å²) in [5.74, 6) is -0.880. The Labute approximate surface area is 222 Å². The number of hydrogen-bond donors (Lipinski definition) is 2. The van der Waals surface area contributed by atoms with Crippen LogP contribution >= 0.6 is 23.1 Å². The summed E-state index contributed by atoms with van der Waals surface area (Å²) in [6.45, 7) is 3.94.